The number of rotatable bonds is 1. The number of hydrogen-bond acceptors (Lipinski definition) is 4. The lowest BCUT2D eigenvalue weighted by molar-refractivity contribution is -0.160. The zero-order valence-corrected chi connectivity index (χ0v) is 9.77. The predicted octanol–water partition coefficient (Wildman–Crippen LogP) is 0.922. The van der Waals surface area contributed by atoms with Gasteiger partial charge in [-0.05, 0) is 20.8 Å². The highest BCUT2D eigenvalue weighted by Crippen LogP contribution is 2.34. The van der Waals surface area contributed by atoms with Crippen LogP contribution in [0.3, 0.4) is 0 Å². The molecule has 0 bridgehead atoms. The Morgan fingerprint density at radius 3 is 2.33 bits per heavy atom. The van der Waals surface area contributed by atoms with E-state index in [0.717, 1.165) is 0 Å². The highest BCUT2D eigenvalue weighted by molar-refractivity contribution is 4.92. The Morgan fingerprint density at radius 2 is 1.93 bits per heavy atom. The standard InChI is InChI=1S/C11H20O4/c1-6-7(2)14-10(9(6)12)8-5-13-11(3,4)15-8/h6-10,12H,5H2,1-4H3. The molecular weight excluding hydrogens is 196 g/mol. The van der Waals surface area contributed by atoms with Gasteiger partial charge in [0.2, 0.25) is 0 Å². The van der Waals surface area contributed by atoms with Gasteiger partial charge in [0.15, 0.2) is 5.79 Å². The smallest absolute Gasteiger partial charge is 0.163 e. The minimum Gasteiger partial charge on any atom is -0.390 e. The van der Waals surface area contributed by atoms with Gasteiger partial charge in [-0.2, -0.15) is 0 Å². The maximum atomic E-state index is 10.00. The van der Waals surface area contributed by atoms with Gasteiger partial charge in [-0.3, -0.25) is 0 Å². The molecule has 0 saturated carbocycles. The van der Waals surface area contributed by atoms with E-state index in [1.54, 1.807) is 0 Å². The van der Waals surface area contributed by atoms with Crippen LogP contribution in [-0.4, -0.2) is 41.9 Å². The molecule has 2 saturated heterocycles. The molecule has 0 aromatic rings. The van der Waals surface area contributed by atoms with Crippen LogP contribution in [0.5, 0.6) is 0 Å². The first kappa shape index (κ1) is 11.3. The van der Waals surface area contributed by atoms with E-state index in [0.29, 0.717) is 6.61 Å². The van der Waals surface area contributed by atoms with E-state index in [4.69, 9.17) is 14.2 Å². The second-order valence-electron chi connectivity index (χ2n) is 5.02. The molecule has 5 unspecified atom stereocenters. The summed E-state index contributed by atoms with van der Waals surface area (Å²) in [5.41, 5.74) is 0. The summed E-state index contributed by atoms with van der Waals surface area (Å²) in [4.78, 5) is 0. The van der Waals surface area contributed by atoms with Crippen LogP contribution in [0.25, 0.3) is 0 Å². The van der Waals surface area contributed by atoms with Gasteiger partial charge < -0.3 is 19.3 Å². The molecule has 1 N–H and O–H groups in total. The fourth-order valence-electron chi connectivity index (χ4n) is 2.21. The average molecular weight is 216 g/mol. The van der Waals surface area contributed by atoms with E-state index in [1.807, 2.05) is 27.7 Å². The molecule has 5 atom stereocenters. The fourth-order valence-corrected chi connectivity index (χ4v) is 2.21. The molecule has 2 fully saturated rings. The van der Waals surface area contributed by atoms with Crippen molar-refractivity contribution in [1.82, 2.24) is 0 Å². The van der Waals surface area contributed by atoms with E-state index in [-0.39, 0.29) is 24.2 Å². The van der Waals surface area contributed by atoms with Crippen LogP contribution in [-0.2, 0) is 14.2 Å². The third-order valence-corrected chi connectivity index (χ3v) is 3.38. The summed E-state index contributed by atoms with van der Waals surface area (Å²) in [6, 6.07) is 0. The molecule has 2 heterocycles. The molecule has 2 aliphatic rings. The molecule has 0 aromatic heterocycles. The Morgan fingerprint density at radius 1 is 1.27 bits per heavy atom. The normalized spacial score (nSPS) is 49.8. The minimum absolute atomic E-state index is 0.0808. The van der Waals surface area contributed by atoms with Crippen molar-refractivity contribution >= 4 is 0 Å². The minimum atomic E-state index is -0.553. The van der Waals surface area contributed by atoms with Gasteiger partial charge in [0.1, 0.15) is 12.2 Å². The van der Waals surface area contributed by atoms with E-state index in [9.17, 15) is 5.11 Å². The number of hydrogen-bond donors (Lipinski definition) is 1. The zero-order valence-electron chi connectivity index (χ0n) is 9.77. The van der Waals surface area contributed by atoms with E-state index in [2.05, 4.69) is 0 Å². The first-order valence-electron chi connectivity index (χ1n) is 5.56. The Balaban J connectivity index is 2.01. The van der Waals surface area contributed by atoms with Crippen molar-refractivity contribution in [2.45, 2.75) is 57.9 Å². The number of ether oxygens (including phenoxy) is 3. The zero-order chi connectivity index (χ0) is 11.2. The molecule has 4 nitrogen and oxygen atoms in total. The van der Waals surface area contributed by atoms with Gasteiger partial charge in [-0.1, -0.05) is 6.92 Å². The van der Waals surface area contributed by atoms with Gasteiger partial charge in [0.25, 0.3) is 0 Å². The van der Waals surface area contributed by atoms with Gasteiger partial charge >= 0.3 is 0 Å². The van der Waals surface area contributed by atoms with Crippen LogP contribution in [0, 0.1) is 5.92 Å². The molecule has 2 aliphatic heterocycles. The molecule has 0 radical (unpaired) electrons. The van der Waals surface area contributed by atoms with Crippen molar-refractivity contribution in [3.63, 3.8) is 0 Å². The van der Waals surface area contributed by atoms with Gasteiger partial charge in [0.05, 0.1) is 18.8 Å². The summed E-state index contributed by atoms with van der Waals surface area (Å²) in [6.07, 6.45) is -0.779. The van der Waals surface area contributed by atoms with Crippen LogP contribution in [0.15, 0.2) is 0 Å². The Hall–Kier alpha value is -0.160. The third kappa shape index (κ3) is 2.04. The molecule has 15 heavy (non-hydrogen) atoms. The molecule has 2 rings (SSSR count). The van der Waals surface area contributed by atoms with Crippen LogP contribution in [0.1, 0.15) is 27.7 Å². The van der Waals surface area contributed by atoms with Crippen molar-refractivity contribution in [3.05, 3.63) is 0 Å². The lowest BCUT2D eigenvalue weighted by atomic mass is 9.97. The third-order valence-electron chi connectivity index (χ3n) is 3.38. The second kappa shape index (κ2) is 3.70. The largest absolute Gasteiger partial charge is 0.390 e. The number of aliphatic hydroxyl groups is 1. The van der Waals surface area contributed by atoms with Crippen molar-refractivity contribution in [1.29, 1.82) is 0 Å². The summed E-state index contributed by atoms with van der Waals surface area (Å²) in [6.45, 7) is 8.22. The molecule has 4 heteroatoms. The first-order chi connectivity index (χ1) is 6.91. The SMILES string of the molecule is CC1OC(C2COC(C)(C)O2)C(O)C1C. The van der Waals surface area contributed by atoms with Gasteiger partial charge in [-0.25, -0.2) is 0 Å². The Labute approximate surface area is 90.5 Å². The van der Waals surface area contributed by atoms with Crippen LogP contribution in [0.4, 0.5) is 0 Å². The highest BCUT2D eigenvalue weighted by atomic mass is 16.8. The quantitative estimate of drug-likeness (QED) is 0.708. The Bertz CT molecular complexity index is 241. The highest BCUT2D eigenvalue weighted by Gasteiger charge is 2.47. The lowest BCUT2D eigenvalue weighted by Crippen LogP contribution is -2.38. The maximum Gasteiger partial charge on any atom is 0.163 e. The van der Waals surface area contributed by atoms with E-state index in [1.165, 1.54) is 0 Å². The summed E-state index contributed by atoms with van der Waals surface area (Å²) in [5.74, 6) is -0.398. The predicted molar refractivity (Wildman–Crippen MR) is 54.4 cm³/mol. The number of aliphatic hydroxyl groups excluding tert-OH is 1. The van der Waals surface area contributed by atoms with Gasteiger partial charge in [-0.15, -0.1) is 0 Å². The van der Waals surface area contributed by atoms with Crippen molar-refractivity contribution in [3.8, 4) is 0 Å². The van der Waals surface area contributed by atoms with E-state index < -0.39 is 11.9 Å². The monoisotopic (exact) mass is 216 g/mol. The maximum absolute atomic E-state index is 10.00. The Kier molecular flexibility index (Phi) is 2.79. The summed E-state index contributed by atoms with van der Waals surface area (Å²) in [5, 5.41) is 10.00. The fraction of sp³-hybridized carbons (Fsp3) is 1.00. The molecule has 0 amide bonds. The van der Waals surface area contributed by atoms with Crippen LogP contribution >= 0.6 is 0 Å². The topological polar surface area (TPSA) is 47.9 Å². The van der Waals surface area contributed by atoms with Crippen LogP contribution < -0.4 is 0 Å². The first-order valence-corrected chi connectivity index (χ1v) is 5.56. The van der Waals surface area contributed by atoms with Crippen molar-refractivity contribution < 1.29 is 19.3 Å². The molecular formula is C11H20O4. The molecule has 0 spiro atoms. The van der Waals surface area contributed by atoms with Crippen molar-refractivity contribution in [2.24, 2.45) is 5.92 Å². The lowest BCUT2D eigenvalue weighted by Gasteiger charge is -2.22. The molecule has 0 aromatic carbocycles. The summed E-state index contributed by atoms with van der Waals surface area (Å²) >= 11 is 0. The molecule has 0 aliphatic carbocycles. The summed E-state index contributed by atoms with van der Waals surface area (Å²) < 4.78 is 16.9. The second-order valence-corrected chi connectivity index (χ2v) is 5.02. The van der Waals surface area contributed by atoms with Crippen LogP contribution in [0.2, 0.25) is 0 Å². The van der Waals surface area contributed by atoms with Crippen molar-refractivity contribution in [2.75, 3.05) is 6.61 Å². The average Bonchev–Trinajstić information content (AvgIpc) is 2.62. The van der Waals surface area contributed by atoms with E-state index >= 15 is 0 Å². The van der Waals surface area contributed by atoms with Gasteiger partial charge in [0, 0.05) is 5.92 Å². The summed E-state index contributed by atoms with van der Waals surface area (Å²) in [7, 11) is 0. The molecule has 88 valence electrons.